The Morgan fingerprint density at radius 2 is 2.16 bits per heavy atom. The van der Waals surface area contributed by atoms with Gasteiger partial charge in [0.1, 0.15) is 5.00 Å². The first kappa shape index (κ1) is 15.7. The second-order valence-electron chi connectivity index (χ2n) is 4.61. The minimum Gasteiger partial charge on any atom is -0.462 e. The first-order valence-electron chi connectivity index (χ1n) is 6.26. The third kappa shape index (κ3) is 4.65. The molecule has 0 aliphatic carbocycles. The predicted molar refractivity (Wildman–Crippen MR) is 76.3 cm³/mol. The van der Waals surface area contributed by atoms with Gasteiger partial charge in [0.2, 0.25) is 5.91 Å². The molecule has 0 aromatic carbocycles. The van der Waals surface area contributed by atoms with Gasteiger partial charge in [0.15, 0.2) is 0 Å². The minimum absolute atomic E-state index is 0.276. The number of carbonyl (C=O) groups is 2. The number of amides is 1. The summed E-state index contributed by atoms with van der Waals surface area (Å²) in [5, 5.41) is 4.91. The molecule has 1 atom stereocenters. The highest BCUT2D eigenvalue weighted by Crippen LogP contribution is 2.24. The third-order valence-electron chi connectivity index (χ3n) is 2.46. The molecule has 0 spiro atoms. The Morgan fingerprint density at radius 1 is 1.47 bits per heavy atom. The summed E-state index contributed by atoms with van der Waals surface area (Å²) in [6.07, 6.45) is 0.603. The van der Waals surface area contributed by atoms with Gasteiger partial charge in [-0.05, 0) is 30.7 Å². The first-order valence-corrected chi connectivity index (χ1v) is 7.14. The minimum atomic E-state index is -0.572. The van der Waals surface area contributed by atoms with Gasteiger partial charge in [0, 0.05) is 0 Å². The number of nitrogens with two attached hydrogens (primary N) is 1. The van der Waals surface area contributed by atoms with Crippen molar-refractivity contribution in [3.8, 4) is 0 Å². The van der Waals surface area contributed by atoms with Gasteiger partial charge in [0.25, 0.3) is 0 Å². The fourth-order valence-electron chi connectivity index (χ4n) is 1.60. The van der Waals surface area contributed by atoms with Crippen molar-refractivity contribution in [2.75, 3.05) is 11.9 Å². The monoisotopic (exact) mass is 284 g/mol. The number of ether oxygens (including phenoxy) is 1. The number of esters is 1. The van der Waals surface area contributed by atoms with Crippen LogP contribution in [0.3, 0.4) is 0 Å². The molecule has 1 heterocycles. The topological polar surface area (TPSA) is 81.4 Å². The summed E-state index contributed by atoms with van der Waals surface area (Å²) in [4.78, 5) is 23.6. The fraction of sp³-hybridized carbons (Fsp3) is 0.538. The highest BCUT2D eigenvalue weighted by molar-refractivity contribution is 7.14. The average Bonchev–Trinajstić information content (AvgIpc) is 2.76. The molecule has 106 valence electrons. The van der Waals surface area contributed by atoms with Crippen LogP contribution in [0.4, 0.5) is 5.00 Å². The van der Waals surface area contributed by atoms with Crippen molar-refractivity contribution in [2.45, 2.75) is 33.2 Å². The van der Waals surface area contributed by atoms with Gasteiger partial charge in [-0.3, -0.25) is 4.79 Å². The van der Waals surface area contributed by atoms with Gasteiger partial charge in [-0.15, -0.1) is 11.3 Å². The van der Waals surface area contributed by atoms with Crippen molar-refractivity contribution in [1.29, 1.82) is 0 Å². The molecule has 5 nitrogen and oxygen atoms in total. The van der Waals surface area contributed by atoms with Crippen molar-refractivity contribution in [1.82, 2.24) is 0 Å². The lowest BCUT2D eigenvalue weighted by Crippen LogP contribution is -2.36. The number of carbonyl (C=O) groups excluding carboxylic acids is 2. The van der Waals surface area contributed by atoms with Crippen LogP contribution in [0.5, 0.6) is 0 Å². The molecule has 0 saturated carbocycles. The van der Waals surface area contributed by atoms with E-state index in [1.54, 1.807) is 18.4 Å². The van der Waals surface area contributed by atoms with E-state index in [1.165, 1.54) is 11.3 Å². The largest absolute Gasteiger partial charge is 0.462 e. The molecule has 0 radical (unpaired) electrons. The molecule has 0 fully saturated rings. The van der Waals surface area contributed by atoms with Crippen LogP contribution < -0.4 is 11.1 Å². The molecule has 1 rings (SSSR count). The molecule has 1 amide bonds. The summed E-state index contributed by atoms with van der Waals surface area (Å²) < 4.78 is 4.92. The van der Waals surface area contributed by atoms with Gasteiger partial charge in [-0.1, -0.05) is 13.8 Å². The van der Waals surface area contributed by atoms with Crippen molar-refractivity contribution in [2.24, 2.45) is 11.7 Å². The zero-order valence-corrected chi connectivity index (χ0v) is 12.3. The maximum atomic E-state index is 11.9. The fourth-order valence-corrected chi connectivity index (χ4v) is 2.37. The Morgan fingerprint density at radius 3 is 2.74 bits per heavy atom. The van der Waals surface area contributed by atoms with Gasteiger partial charge < -0.3 is 15.8 Å². The maximum Gasteiger partial charge on any atom is 0.341 e. The molecule has 1 aromatic heterocycles. The highest BCUT2D eigenvalue weighted by atomic mass is 32.1. The Balaban J connectivity index is 2.70. The Hall–Kier alpha value is -1.40. The summed E-state index contributed by atoms with van der Waals surface area (Å²) in [6, 6.07) is 1.06. The van der Waals surface area contributed by atoms with E-state index in [0.717, 1.165) is 0 Å². The molecule has 0 saturated heterocycles. The van der Waals surface area contributed by atoms with E-state index < -0.39 is 12.0 Å². The summed E-state index contributed by atoms with van der Waals surface area (Å²) in [5.74, 6) is -0.369. The lowest BCUT2D eigenvalue weighted by molar-refractivity contribution is -0.117. The number of anilines is 1. The van der Waals surface area contributed by atoms with Crippen molar-refractivity contribution in [3.05, 3.63) is 17.0 Å². The molecule has 0 unspecified atom stereocenters. The summed E-state index contributed by atoms with van der Waals surface area (Å²) in [5.41, 5.74) is 6.17. The van der Waals surface area contributed by atoms with E-state index in [1.807, 2.05) is 13.8 Å². The van der Waals surface area contributed by atoms with Gasteiger partial charge in [-0.2, -0.15) is 0 Å². The number of nitrogens with one attached hydrogen (secondary N) is 1. The number of hydrogen-bond acceptors (Lipinski definition) is 5. The van der Waals surface area contributed by atoms with Crippen LogP contribution in [0.15, 0.2) is 11.4 Å². The van der Waals surface area contributed by atoms with Crippen LogP contribution >= 0.6 is 11.3 Å². The molecule has 19 heavy (non-hydrogen) atoms. The van der Waals surface area contributed by atoms with Crippen LogP contribution in [0.25, 0.3) is 0 Å². The van der Waals surface area contributed by atoms with Crippen molar-refractivity contribution >= 4 is 28.2 Å². The van der Waals surface area contributed by atoms with E-state index in [0.29, 0.717) is 29.5 Å². The lowest BCUT2D eigenvalue weighted by Gasteiger charge is -2.14. The van der Waals surface area contributed by atoms with E-state index in [2.05, 4.69) is 5.32 Å². The molecule has 1 aromatic rings. The first-order chi connectivity index (χ1) is 8.95. The zero-order chi connectivity index (χ0) is 14.4. The van der Waals surface area contributed by atoms with E-state index in [-0.39, 0.29) is 5.91 Å². The third-order valence-corrected chi connectivity index (χ3v) is 3.29. The molecular weight excluding hydrogens is 264 g/mol. The van der Waals surface area contributed by atoms with Crippen LogP contribution in [0.2, 0.25) is 0 Å². The molecular formula is C13H20N2O3S. The second kappa shape index (κ2) is 7.25. The van der Waals surface area contributed by atoms with E-state index in [4.69, 9.17) is 10.5 Å². The summed E-state index contributed by atoms with van der Waals surface area (Å²) in [6.45, 7) is 6.04. The van der Waals surface area contributed by atoms with E-state index >= 15 is 0 Å². The molecule has 0 bridgehead atoms. The van der Waals surface area contributed by atoms with Gasteiger partial charge >= 0.3 is 5.97 Å². The van der Waals surface area contributed by atoms with E-state index in [9.17, 15) is 9.59 Å². The smallest absolute Gasteiger partial charge is 0.341 e. The van der Waals surface area contributed by atoms with Gasteiger partial charge in [0.05, 0.1) is 18.2 Å². The summed E-state index contributed by atoms with van der Waals surface area (Å²) in [7, 11) is 0. The summed E-state index contributed by atoms with van der Waals surface area (Å²) >= 11 is 1.28. The molecule has 0 aliphatic rings. The Bertz CT molecular complexity index is 443. The van der Waals surface area contributed by atoms with Crippen molar-refractivity contribution in [3.63, 3.8) is 0 Å². The number of thiophene rings is 1. The quantitative estimate of drug-likeness (QED) is 0.785. The standard InChI is InChI=1S/C13H20N2O3S/c1-4-18-13(17)9-5-6-19-12(9)15-11(16)10(14)7-8(2)3/h5-6,8,10H,4,7,14H2,1-3H3,(H,15,16)/t10-/m0/s1. The van der Waals surface area contributed by atoms with Crippen molar-refractivity contribution < 1.29 is 14.3 Å². The zero-order valence-electron chi connectivity index (χ0n) is 11.4. The number of hydrogen-bond donors (Lipinski definition) is 2. The van der Waals surface area contributed by atoms with Gasteiger partial charge in [-0.25, -0.2) is 4.79 Å². The Kier molecular flexibility index (Phi) is 5.98. The predicted octanol–water partition coefficient (Wildman–Crippen LogP) is 2.24. The average molecular weight is 284 g/mol. The molecule has 6 heteroatoms. The SMILES string of the molecule is CCOC(=O)c1ccsc1NC(=O)[C@@H](N)CC(C)C. The van der Waals surface area contributed by atoms with Crippen LogP contribution in [0, 0.1) is 5.92 Å². The maximum absolute atomic E-state index is 11.9. The lowest BCUT2D eigenvalue weighted by atomic mass is 10.0. The van der Waals surface area contributed by atoms with Crippen LogP contribution in [-0.2, 0) is 9.53 Å². The van der Waals surface area contributed by atoms with Crippen LogP contribution in [0.1, 0.15) is 37.6 Å². The number of rotatable bonds is 6. The van der Waals surface area contributed by atoms with Crippen LogP contribution in [-0.4, -0.2) is 24.5 Å². The Labute approximate surface area is 117 Å². The normalized spacial score (nSPS) is 12.3. The highest BCUT2D eigenvalue weighted by Gasteiger charge is 2.20. The second-order valence-corrected chi connectivity index (χ2v) is 5.53. The molecule has 0 aliphatic heterocycles. The molecule has 3 N–H and O–H groups in total.